The van der Waals surface area contributed by atoms with E-state index < -0.39 is 17.9 Å². The number of anilines is 1. The predicted octanol–water partition coefficient (Wildman–Crippen LogP) is 1.88. The number of carboxylic acid groups (broad SMARTS) is 1. The van der Waals surface area contributed by atoms with Crippen LogP contribution in [0.15, 0.2) is 30.9 Å². The number of carboxylic acids is 1. The largest absolute Gasteiger partial charge is 0.480 e. The van der Waals surface area contributed by atoms with Gasteiger partial charge < -0.3 is 16.2 Å². The van der Waals surface area contributed by atoms with E-state index in [1.807, 2.05) is 0 Å². The molecular weight excluding hydrogens is 256 g/mol. The first-order chi connectivity index (χ1) is 8.45. The lowest BCUT2D eigenvalue weighted by Crippen LogP contribution is -2.28. The maximum absolute atomic E-state index is 11.0. The summed E-state index contributed by atoms with van der Waals surface area (Å²) < 4.78 is 0. The molecule has 0 fully saturated rings. The average molecular weight is 269 g/mol. The van der Waals surface area contributed by atoms with Crippen LogP contribution in [0.5, 0.6) is 0 Å². The van der Waals surface area contributed by atoms with Gasteiger partial charge >= 0.3 is 5.97 Å². The quantitative estimate of drug-likeness (QED) is 0.687. The summed E-state index contributed by atoms with van der Waals surface area (Å²) in [5.41, 5.74) is 5.80. The van der Waals surface area contributed by atoms with Crippen LogP contribution in [-0.4, -0.2) is 23.0 Å². The van der Waals surface area contributed by atoms with Gasteiger partial charge in [0, 0.05) is 5.56 Å². The number of hydrogen-bond donors (Lipinski definition) is 3. The van der Waals surface area contributed by atoms with E-state index in [4.69, 9.17) is 22.4 Å². The van der Waals surface area contributed by atoms with Crippen molar-refractivity contribution in [2.24, 2.45) is 5.73 Å². The van der Waals surface area contributed by atoms with E-state index >= 15 is 0 Å². The van der Waals surface area contributed by atoms with Crippen molar-refractivity contribution in [3.05, 3.63) is 41.4 Å². The van der Waals surface area contributed by atoms with Gasteiger partial charge in [-0.25, -0.2) is 4.79 Å². The molecule has 1 aromatic rings. The molecule has 1 unspecified atom stereocenters. The van der Waals surface area contributed by atoms with Crippen LogP contribution in [-0.2, 0) is 4.79 Å². The topological polar surface area (TPSA) is 92.4 Å². The van der Waals surface area contributed by atoms with Gasteiger partial charge in [-0.2, -0.15) is 0 Å². The molecule has 1 atom stereocenters. The molecule has 6 heteroatoms. The van der Waals surface area contributed by atoms with E-state index in [-0.39, 0.29) is 17.0 Å². The predicted molar refractivity (Wildman–Crippen MR) is 69.8 cm³/mol. The van der Waals surface area contributed by atoms with Crippen LogP contribution < -0.4 is 11.1 Å². The molecule has 18 heavy (non-hydrogen) atoms. The number of carbonyl (C=O) groups is 2. The molecule has 0 aliphatic carbocycles. The summed E-state index contributed by atoms with van der Waals surface area (Å²) in [6.07, 6.45) is 1.75. The Balaban J connectivity index is 2.93. The lowest BCUT2D eigenvalue weighted by Gasteiger charge is -2.15. The zero-order chi connectivity index (χ0) is 13.7. The fourth-order valence-corrected chi connectivity index (χ4v) is 1.60. The molecule has 0 saturated carbocycles. The van der Waals surface area contributed by atoms with Crippen molar-refractivity contribution in [1.29, 1.82) is 0 Å². The Bertz CT molecular complexity index is 488. The minimum atomic E-state index is -1.01. The number of rotatable bonds is 6. The van der Waals surface area contributed by atoms with E-state index in [0.717, 1.165) is 0 Å². The Morgan fingerprint density at radius 1 is 1.56 bits per heavy atom. The van der Waals surface area contributed by atoms with Gasteiger partial charge in [0.15, 0.2) is 0 Å². The Hall–Kier alpha value is -2.01. The first-order valence-corrected chi connectivity index (χ1v) is 5.53. The smallest absolute Gasteiger partial charge is 0.326 e. The lowest BCUT2D eigenvalue weighted by atomic mass is 10.1. The van der Waals surface area contributed by atoms with Gasteiger partial charge in [-0.05, 0) is 24.6 Å². The lowest BCUT2D eigenvalue weighted by molar-refractivity contribution is -0.137. The summed E-state index contributed by atoms with van der Waals surface area (Å²) in [7, 11) is 0. The summed E-state index contributed by atoms with van der Waals surface area (Å²) in [4.78, 5) is 21.9. The molecule has 0 aliphatic rings. The molecule has 5 nitrogen and oxygen atoms in total. The van der Waals surface area contributed by atoms with Gasteiger partial charge in [0.1, 0.15) is 6.04 Å². The SMILES string of the molecule is C=CCC(Nc1ccc(C(N)=O)cc1Cl)C(=O)O. The Kier molecular flexibility index (Phi) is 4.74. The van der Waals surface area contributed by atoms with Crippen LogP contribution in [0.4, 0.5) is 5.69 Å². The molecule has 1 rings (SSSR count). The third-order valence-corrected chi connectivity index (χ3v) is 2.60. The molecule has 4 N–H and O–H groups in total. The minimum absolute atomic E-state index is 0.238. The first kappa shape index (κ1) is 14.1. The summed E-state index contributed by atoms with van der Waals surface area (Å²) >= 11 is 5.93. The third-order valence-electron chi connectivity index (χ3n) is 2.28. The number of carbonyl (C=O) groups excluding carboxylic acids is 1. The van der Waals surface area contributed by atoms with Crippen molar-refractivity contribution in [3.8, 4) is 0 Å². The zero-order valence-corrected chi connectivity index (χ0v) is 10.3. The van der Waals surface area contributed by atoms with Crippen molar-refractivity contribution in [2.45, 2.75) is 12.5 Å². The van der Waals surface area contributed by atoms with Gasteiger partial charge in [-0.15, -0.1) is 6.58 Å². The third kappa shape index (κ3) is 3.49. The van der Waals surface area contributed by atoms with Crippen molar-refractivity contribution < 1.29 is 14.7 Å². The highest BCUT2D eigenvalue weighted by molar-refractivity contribution is 6.33. The highest BCUT2D eigenvalue weighted by atomic mass is 35.5. The molecule has 0 aromatic heterocycles. The highest BCUT2D eigenvalue weighted by Gasteiger charge is 2.16. The minimum Gasteiger partial charge on any atom is -0.480 e. The number of aliphatic carboxylic acids is 1. The Morgan fingerprint density at radius 3 is 2.67 bits per heavy atom. The summed E-state index contributed by atoms with van der Waals surface area (Å²) in [6, 6.07) is 3.56. The van der Waals surface area contributed by atoms with E-state index in [9.17, 15) is 9.59 Å². The molecule has 96 valence electrons. The van der Waals surface area contributed by atoms with E-state index in [1.54, 1.807) is 0 Å². The fourth-order valence-electron chi connectivity index (χ4n) is 1.36. The number of benzene rings is 1. The summed E-state index contributed by atoms with van der Waals surface area (Å²) in [5.74, 6) is -1.60. The Morgan fingerprint density at radius 2 is 2.22 bits per heavy atom. The molecule has 1 amide bonds. The van der Waals surface area contributed by atoms with Gasteiger partial charge in [0.2, 0.25) is 5.91 Å². The summed E-state index contributed by atoms with van der Waals surface area (Å²) in [6.45, 7) is 3.49. The molecule has 0 radical (unpaired) electrons. The number of nitrogens with two attached hydrogens (primary N) is 1. The first-order valence-electron chi connectivity index (χ1n) is 5.15. The second kappa shape index (κ2) is 6.07. The van der Waals surface area contributed by atoms with Crippen LogP contribution in [0.2, 0.25) is 5.02 Å². The Labute approximate surface area is 109 Å². The standard InChI is InChI=1S/C12H13ClN2O3/c1-2-3-10(12(17)18)15-9-5-4-7(11(14)16)6-8(9)13/h2,4-6,10,15H,1,3H2,(H2,14,16)(H,17,18). The average Bonchev–Trinajstić information content (AvgIpc) is 2.30. The number of primary amides is 1. The number of nitrogens with one attached hydrogen (secondary N) is 1. The molecule has 0 aliphatic heterocycles. The molecule has 1 aromatic carbocycles. The molecule has 0 bridgehead atoms. The zero-order valence-electron chi connectivity index (χ0n) is 9.52. The van der Waals surface area contributed by atoms with Crippen LogP contribution in [0.25, 0.3) is 0 Å². The number of halogens is 1. The maximum atomic E-state index is 11.0. The molecule has 0 heterocycles. The molecule has 0 spiro atoms. The van der Waals surface area contributed by atoms with Crippen molar-refractivity contribution in [1.82, 2.24) is 0 Å². The van der Waals surface area contributed by atoms with Gasteiger partial charge in [0.25, 0.3) is 0 Å². The van der Waals surface area contributed by atoms with Gasteiger partial charge in [-0.3, -0.25) is 4.79 Å². The van der Waals surface area contributed by atoms with E-state index in [0.29, 0.717) is 5.69 Å². The monoisotopic (exact) mass is 268 g/mol. The van der Waals surface area contributed by atoms with Gasteiger partial charge in [0.05, 0.1) is 10.7 Å². The maximum Gasteiger partial charge on any atom is 0.326 e. The van der Waals surface area contributed by atoms with E-state index in [2.05, 4.69) is 11.9 Å². The molecular formula is C12H13ClN2O3. The number of amides is 1. The highest BCUT2D eigenvalue weighted by Crippen LogP contribution is 2.24. The van der Waals surface area contributed by atoms with E-state index in [1.165, 1.54) is 24.3 Å². The van der Waals surface area contributed by atoms with Crippen LogP contribution in [0, 0.1) is 0 Å². The van der Waals surface area contributed by atoms with Crippen LogP contribution in [0.3, 0.4) is 0 Å². The fraction of sp³-hybridized carbons (Fsp3) is 0.167. The van der Waals surface area contributed by atoms with Crippen LogP contribution >= 0.6 is 11.6 Å². The van der Waals surface area contributed by atoms with Crippen molar-refractivity contribution in [2.75, 3.05) is 5.32 Å². The number of hydrogen-bond acceptors (Lipinski definition) is 3. The van der Waals surface area contributed by atoms with Gasteiger partial charge in [-0.1, -0.05) is 17.7 Å². The summed E-state index contributed by atoms with van der Waals surface area (Å²) in [5, 5.41) is 12.0. The van der Waals surface area contributed by atoms with Crippen molar-refractivity contribution >= 4 is 29.2 Å². The second-order valence-electron chi connectivity index (χ2n) is 3.62. The van der Waals surface area contributed by atoms with Crippen molar-refractivity contribution in [3.63, 3.8) is 0 Å². The van der Waals surface area contributed by atoms with Crippen LogP contribution in [0.1, 0.15) is 16.8 Å². The second-order valence-corrected chi connectivity index (χ2v) is 4.03. The molecule has 0 saturated heterocycles. The normalized spacial score (nSPS) is 11.6.